The van der Waals surface area contributed by atoms with Crippen molar-refractivity contribution in [2.45, 2.75) is 26.7 Å². The fourth-order valence-corrected chi connectivity index (χ4v) is 3.06. The van der Waals surface area contributed by atoms with Gasteiger partial charge in [0.1, 0.15) is 5.75 Å². The molecule has 0 aromatic heterocycles. The first-order valence-corrected chi connectivity index (χ1v) is 8.59. The summed E-state index contributed by atoms with van der Waals surface area (Å²) in [4.78, 5) is 12.7. The molecule has 0 saturated heterocycles. The molecule has 0 amide bonds. The summed E-state index contributed by atoms with van der Waals surface area (Å²) >= 11 is 0. The van der Waals surface area contributed by atoms with E-state index in [4.69, 9.17) is 9.47 Å². The van der Waals surface area contributed by atoms with Gasteiger partial charge in [0.2, 0.25) is 0 Å². The average molecular weight is 338 g/mol. The number of hydrogen-bond acceptors (Lipinski definition) is 4. The van der Waals surface area contributed by atoms with E-state index in [1.54, 1.807) is 18.2 Å². The van der Waals surface area contributed by atoms with Gasteiger partial charge in [-0.1, -0.05) is 6.07 Å². The zero-order valence-electron chi connectivity index (χ0n) is 14.5. The van der Waals surface area contributed by atoms with E-state index in [-0.39, 0.29) is 11.5 Å². The molecule has 0 radical (unpaired) electrons. The minimum atomic E-state index is 0.0214. The van der Waals surface area contributed by atoms with Crippen LogP contribution in [0.5, 0.6) is 17.2 Å². The summed E-state index contributed by atoms with van der Waals surface area (Å²) < 4.78 is 11.2. The van der Waals surface area contributed by atoms with E-state index >= 15 is 0 Å². The first-order valence-electron chi connectivity index (χ1n) is 8.59. The van der Waals surface area contributed by atoms with Crippen LogP contribution in [0.25, 0.3) is 6.08 Å². The van der Waals surface area contributed by atoms with Gasteiger partial charge in [0, 0.05) is 11.1 Å². The molecule has 4 nitrogen and oxygen atoms in total. The molecular weight excluding hydrogens is 316 g/mol. The number of phenolic OH excluding ortho intramolecular Hbond substituents is 1. The summed E-state index contributed by atoms with van der Waals surface area (Å²) in [5.74, 6) is 1.62. The van der Waals surface area contributed by atoms with Crippen LogP contribution in [0.3, 0.4) is 0 Å². The molecule has 0 spiro atoms. The molecule has 0 atom stereocenters. The van der Waals surface area contributed by atoms with Crippen molar-refractivity contribution in [2.24, 2.45) is 0 Å². The number of aromatic hydroxyl groups is 1. The molecule has 0 bridgehead atoms. The molecule has 1 aliphatic carbocycles. The zero-order valence-corrected chi connectivity index (χ0v) is 14.5. The summed E-state index contributed by atoms with van der Waals surface area (Å²) in [7, 11) is 0. The van der Waals surface area contributed by atoms with Crippen molar-refractivity contribution in [1.82, 2.24) is 0 Å². The number of rotatable bonds is 5. The molecule has 0 saturated carbocycles. The van der Waals surface area contributed by atoms with E-state index in [0.29, 0.717) is 36.7 Å². The van der Waals surface area contributed by atoms with E-state index in [1.807, 2.05) is 38.1 Å². The van der Waals surface area contributed by atoms with Gasteiger partial charge in [0.25, 0.3) is 0 Å². The van der Waals surface area contributed by atoms with Crippen LogP contribution in [-0.4, -0.2) is 24.1 Å². The molecule has 0 unspecified atom stereocenters. The molecule has 0 heterocycles. The van der Waals surface area contributed by atoms with Crippen LogP contribution >= 0.6 is 0 Å². The highest BCUT2D eigenvalue weighted by molar-refractivity contribution is 6.13. The Morgan fingerprint density at radius 3 is 2.52 bits per heavy atom. The van der Waals surface area contributed by atoms with Crippen molar-refractivity contribution in [3.8, 4) is 17.2 Å². The monoisotopic (exact) mass is 338 g/mol. The minimum absolute atomic E-state index is 0.0214. The number of hydrogen-bond donors (Lipinski definition) is 1. The van der Waals surface area contributed by atoms with E-state index in [2.05, 4.69) is 0 Å². The third-order valence-electron chi connectivity index (χ3n) is 4.20. The molecule has 2 aromatic carbocycles. The maximum Gasteiger partial charge on any atom is 0.189 e. The molecule has 130 valence electrons. The lowest BCUT2D eigenvalue weighted by atomic mass is 9.86. The number of ether oxygens (including phenoxy) is 2. The Kier molecular flexibility index (Phi) is 5.08. The number of benzene rings is 2. The fourth-order valence-electron chi connectivity index (χ4n) is 3.06. The SMILES string of the molecule is CCOc1ccc(C=C2CCc3cc(O)ccc3C2=O)cc1OCC. The van der Waals surface area contributed by atoms with E-state index in [1.165, 1.54) is 0 Å². The number of phenols is 1. The quantitative estimate of drug-likeness (QED) is 0.821. The molecule has 0 aliphatic heterocycles. The lowest BCUT2D eigenvalue weighted by Crippen LogP contribution is -2.13. The first-order chi connectivity index (χ1) is 12.1. The second-order valence-corrected chi connectivity index (χ2v) is 5.91. The van der Waals surface area contributed by atoms with Gasteiger partial charge < -0.3 is 14.6 Å². The van der Waals surface area contributed by atoms with Crippen molar-refractivity contribution >= 4 is 11.9 Å². The lowest BCUT2D eigenvalue weighted by Gasteiger charge is -2.18. The number of carbonyl (C=O) groups is 1. The van der Waals surface area contributed by atoms with Gasteiger partial charge in [0.05, 0.1) is 13.2 Å². The molecule has 1 N–H and O–H groups in total. The second kappa shape index (κ2) is 7.43. The van der Waals surface area contributed by atoms with E-state index in [0.717, 1.165) is 23.1 Å². The summed E-state index contributed by atoms with van der Waals surface area (Å²) in [5, 5.41) is 9.57. The number of ketones is 1. The topological polar surface area (TPSA) is 55.8 Å². The minimum Gasteiger partial charge on any atom is -0.508 e. The summed E-state index contributed by atoms with van der Waals surface area (Å²) in [6.45, 7) is 4.98. The highest BCUT2D eigenvalue weighted by atomic mass is 16.5. The van der Waals surface area contributed by atoms with Gasteiger partial charge in [0.15, 0.2) is 17.3 Å². The van der Waals surface area contributed by atoms with Crippen LogP contribution in [0.4, 0.5) is 0 Å². The average Bonchev–Trinajstić information content (AvgIpc) is 2.60. The Morgan fingerprint density at radius 2 is 1.76 bits per heavy atom. The fraction of sp³-hybridized carbons (Fsp3) is 0.286. The predicted octanol–water partition coefficient (Wildman–Crippen LogP) is 4.40. The predicted molar refractivity (Wildman–Crippen MR) is 97.5 cm³/mol. The first kappa shape index (κ1) is 17.1. The largest absolute Gasteiger partial charge is 0.508 e. The highest BCUT2D eigenvalue weighted by Crippen LogP contribution is 2.32. The number of Topliss-reactive ketones (excluding diaryl/α,β-unsaturated/α-hetero) is 1. The highest BCUT2D eigenvalue weighted by Gasteiger charge is 2.22. The van der Waals surface area contributed by atoms with Gasteiger partial charge >= 0.3 is 0 Å². The van der Waals surface area contributed by atoms with E-state index < -0.39 is 0 Å². The van der Waals surface area contributed by atoms with Crippen molar-refractivity contribution < 1.29 is 19.4 Å². The zero-order chi connectivity index (χ0) is 17.8. The second-order valence-electron chi connectivity index (χ2n) is 5.91. The van der Waals surface area contributed by atoms with Gasteiger partial charge in [-0.05, 0) is 74.2 Å². The summed E-state index contributed by atoms with van der Waals surface area (Å²) in [6.07, 6.45) is 3.32. The Hall–Kier alpha value is -2.75. The molecule has 1 aliphatic rings. The van der Waals surface area contributed by atoms with Crippen LogP contribution in [0.15, 0.2) is 42.0 Å². The molecule has 4 heteroatoms. The Labute approximate surface area is 147 Å². The van der Waals surface area contributed by atoms with E-state index in [9.17, 15) is 9.90 Å². The van der Waals surface area contributed by atoms with Gasteiger partial charge in [-0.15, -0.1) is 0 Å². The Morgan fingerprint density at radius 1 is 1.00 bits per heavy atom. The maximum absolute atomic E-state index is 12.7. The Balaban J connectivity index is 1.91. The van der Waals surface area contributed by atoms with Crippen LogP contribution in [0.1, 0.15) is 41.8 Å². The molecule has 0 fully saturated rings. The molecule has 25 heavy (non-hydrogen) atoms. The number of aryl methyl sites for hydroxylation is 1. The van der Waals surface area contributed by atoms with Gasteiger partial charge in [-0.25, -0.2) is 0 Å². The maximum atomic E-state index is 12.7. The van der Waals surface area contributed by atoms with Crippen LogP contribution in [0, 0.1) is 0 Å². The van der Waals surface area contributed by atoms with Crippen molar-refractivity contribution in [2.75, 3.05) is 13.2 Å². The number of allylic oxidation sites excluding steroid dienone is 1. The Bertz CT molecular complexity index is 821. The summed E-state index contributed by atoms with van der Waals surface area (Å²) in [6, 6.07) is 10.6. The number of fused-ring (bicyclic) bond motifs is 1. The standard InChI is InChI=1S/C21H22O4/c1-3-24-19-10-5-14(12-20(19)25-4-2)11-16-7-6-15-13-17(22)8-9-18(15)21(16)23/h5,8-13,22H,3-4,6-7H2,1-2H3. The normalized spacial score (nSPS) is 15.1. The van der Waals surface area contributed by atoms with Crippen molar-refractivity contribution in [3.63, 3.8) is 0 Å². The van der Waals surface area contributed by atoms with Gasteiger partial charge in [-0.2, -0.15) is 0 Å². The lowest BCUT2D eigenvalue weighted by molar-refractivity contribution is 0.102. The van der Waals surface area contributed by atoms with Crippen LogP contribution < -0.4 is 9.47 Å². The third kappa shape index (κ3) is 3.68. The number of carbonyl (C=O) groups excluding carboxylic acids is 1. The van der Waals surface area contributed by atoms with Crippen LogP contribution in [-0.2, 0) is 6.42 Å². The molecule has 2 aromatic rings. The van der Waals surface area contributed by atoms with Gasteiger partial charge in [-0.3, -0.25) is 4.79 Å². The smallest absolute Gasteiger partial charge is 0.189 e. The molecule has 3 rings (SSSR count). The summed E-state index contributed by atoms with van der Waals surface area (Å²) in [5.41, 5.74) is 3.26. The molecular formula is C21H22O4. The van der Waals surface area contributed by atoms with Crippen molar-refractivity contribution in [1.29, 1.82) is 0 Å². The third-order valence-corrected chi connectivity index (χ3v) is 4.20. The van der Waals surface area contributed by atoms with Crippen molar-refractivity contribution in [3.05, 3.63) is 58.7 Å². The van der Waals surface area contributed by atoms with Crippen LogP contribution in [0.2, 0.25) is 0 Å².